The van der Waals surface area contributed by atoms with Gasteiger partial charge in [0.15, 0.2) is 0 Å². The third kappa shape index (κ3) is 4.59. The van der Waals surface area contributed by atoms with Gasteiger partial charge in [-0.25, -0.2) is 0 Å². The normalized spacial score (nSPS) is 21.0. The first kappa shape index (κ1) is 21.4. The fourth-order valence-corrected chi connectivity index (χ4v) is 5.56. The summed E-state index contributed by atoms with van der Waals surface area (Å²) in [4.78, 5) is 19.0. The van der Waals surface area contributed by atoms with Crippen molar-refractivity contribution in [3.8, 4) is 0 Å². The van der Waals surface area contributed by atoms with Crippen LogP contribution in [0.15, 0.2) is 23.6 Å². The number of carbonyl (C=O) groups excluding carboxylic acids is 1. The van der Waals surface area contributed by atoms with Gasteiger partial charge in [0.2, 0.25) is 5.91 Å². The molecule has 1 atom stereocenters. The van der Waals surface area contributed by atoms with Gasteiger partial charge in [-0.1, -0.05) is 6.07 Å². The number of carbonyl (C=O) groups is 1. The van der Waals surface area contributed by atoms with Crippen LogP contribution < -0.4 is 4.90 Å². The molecule has 2 saturated heterocycles. The van der Waals surface area contributed by atoms with Crippen molar-refractivity contribution in [2.75, 3.05) is 44.2 Å². The molecule has 0 bridgehead atoms. The van der Waals surface area contributed by atoms with Crippen LogP contribution in [0.1, 0.15) is 38.2 Å². The zero-order valence-electron chi connectivity index (χ0n) is 17.2. The average molecular weight is 440 g/mol. The molecule has 4 nitrogen and oxygen atoms in total. The zero-order chi connectivity index (χ0) is 21.3. The third-order valence-corrected chi connectivity index (χ3v) is 7.27. The first-order valence-corrected chi connectivity index (χ1v) is 11.6. The second-order valence-electron chi connectivity index (χ2n) is 8.34. The van der Waals surface area contributed by atoms with Gasteiger partial charge < -0.3 is 9.80 Å². The van der Waals surface area contributed by atoms with Gasteiger partial charge in [0.05, 0.1) is 11.3 Å². The van der Waals surface area contributed by atoms with Gasteiger partial charge in [0.25, 0.3) is 0 Å². The number of thiophene rings is 1. The predicted octanol–water partition coefficient (Wildman–Crippen LogP) is 4.83. The van der Waals surface area contributed by atoms with Crippen LogP contribution in [0.3, 0.4) is 0 Å². The number of rotatable bonds is 5. The highest BCUT2D eigenvalue weighted by molar-refractivity contribution is 7.17. The number of likely N-dealkylation sites (tertiary alicyclic amines) is 1. The second kappa shape index (κ2) is 8.75. The lowest BCUT2D eigenvalue weighted by atomic mass is 10.1. The number of fused-ring (bicyclic) bond motifs is 1. The highest BCUT2D eigenvalue weighted by atomic mass is 32.1. The number of piperazine rings is 1. The van der Waals surface area contributed by atoms with Crippen molar-refractivity contribution in [3.63, 3.8) is 0 Å². The summed E-state index contributed by atoms with van der Waals surface area (Å²) in [5.74, 6) is 0.279. The Kier molecular flexibility index (Phi) is 6.25. The summed E-state index contributed by atoms with van der Waals surface area (Å²) in [6.07, 6.45) is -0.588. The van der Waals surface area contributed by atoms with E-state index in [2.05, 4.69) is 16.7 Å². The van der Waals surface area contributed by atoms with Crippen LogP contribution in [0.4, 0.5) is 18.9 Å². The van der Waals surface area contributed by atoms with Crippen molar-refractivity contribution >= 4 is 33.0 Å². The molecule has 3 heterocycles. The fraction of sp³-hybridized carbons (Fsp3) is 0.591. The van der Waals surface area contributed by atoms with E-state index >= 15 is 0 Å². The summed E-state index contributed by atoms with van der Waals surface area (Å²) < 4.78 is 39.5. The van der Waals surface area contributed by atoms with Crippen molar-refractivity contribution in [1.29, 1.82) is 0 Å². The molecule has 0 aliphatic carbocycles. The van der Waals surface area contributed by atoms with Gasteiger partial charge in [-0.2, -0.15) is 13.2 Å². The van der Waals surface area contributed by atoms with E-state index in [-0.39, 0.29) is 5.91 Å². The van der Waals surface area contributed by atoms with Crippen LogP contribution in [0.2, 0.25) is 0 Å². The van der Waals surface area contributed by atoms with E-state index in [1.807, 2.05) is 10.3 Å². The standard InChI is InChI=1S/C22H28F3N3OS/c1-16-4-2-9-28(16)21(29)5-3-8-26-10-12-27(13-11-26)19-15-30-20-14-17(22(23,24)25)6-7-18(19)20/h6-7,14-16H,2-5,8-13H2,1H3. The van der Waals surface area contributed by atoms with E-state index in [0.29, 0.717) is 17.2 Å². The number of hydrogen-bond donors (Lipinski definition) is 0. The van der Waals surface area contributed by atoms with E-state index in [4.69, 9.17) is 0 Å². The van der Waals surface area contributed by atoms with E-state index in [9.17, 15) is 18.0 Å². The molecular weight excluding hydrogens is 411 g/mol. The van der Waals surface area contributed by atoms with Gasteiger partial charge in [0.1, 0.15) is 0 Å². The Morgan fingerprint density at radius 2 is 1.93 bits per heavy atom. The monoisotopic (exact) mass is 439 g/mol. The molecule has 2 aromatic rings. The van der Waals surface area contributed by atoms with Crippen LogP contribution in [-0.4, -0.2) is 61.0 Å². The Labute approximate surface area is 179 Å². The van der Waals surface area contributed by atoms with Crippen LogP contribution in [0, 0.1) is 0 Å². The number of benzene rings is 1. The molecule has 1 aromatic carbocycles. The fourth-order valence-electron chi connectivity index (χ4n) is 4.55. The second-order valence-corrected chi connectivity index (χ2v) is 9.25. The number of hydrogen-bond acceptors (Lipinski definition) is 4. The van der Waals surface area contributed by atoms with Gasteiger partial charge in [0, 0.05) is 60.7 Å². The number of nitrogens with zero attached hydrogens (tertiary/aromatic N) is 3. The quantitative estimate of drug-likeness (QED) is 0.668. The molecule has 2 aliphatic rings. The molecule has 0 saturated carbocycles. The Bertz CT molecular complexity index is 889. The van der Waals surface area contributed by atoms with E-state index in [1.165, 1.54) is 23.5 Å². The van der Waals surface area contributed by atoms with Gasteiger partial charge in [-0.15, -0.1) is 11.3 Å². The largest absolute Gasteiger partial charge is 0.416 e. The SMILES string of the molecule is CC1CCCN1C(=O)CCCN1CCN(c2csc3cc(C(F)(F)F)ccc23)CC1. The van der Waals surface area contributed by atoms with Crippen molar-refractivity contribution in [2.24, 2.45) is 0 Å². The number of alkyl halides is 3. The molecule has 30 heavy (non-hydrogen) atoms. The predicted molar refractivity (Wildman–Crippen MR) is 115 cm³/mol. The molecule has 1 unspecified atom stereocenters. The lowest BCUT2D eigenvalue weighted by molar-refractivity contribution is -0.137. The maximum absolute atomic E-state index is 12.9. The molecule has 0 spiro atoms. The van der Waals surface area contributed by atoms with Crippen LogP contribution in [0.25, 0.3) is 10.1 Å². The highest BCUT2D eigenvalue weighted by Crippen LogP contribution is 2.38. The minimum absolute atomic E-state index is 0.279. The summed E-state index contributed by atoms with van der Waals surface area (Å²) in [5.41, 5.74) is 0.438. The molecule has 8 heteroatoms. The van der Waals surface area contributed by atoms with Gasteiger partial charge in [-0.3, -0.25) is 9.69 Å². The summed E-state index contributed by atoms with van der Waals surface area (Å²) in [6.45, 7) is 7.47. The van der Waals surface area contributed by atoms with Crippen molar-refractivity contribution in [1.82, 2.24) is 9.80 Å². The van der Waals surface area contributed by atoms with E-state index < -0.39 is 11.7 Å². The van der Waals surface area contributed by atoms with Crippen molar-refractivity contribution in [2.45, 2.75) is 44.8 Å². The smallest absolute Gasteiger partial charge is 0.368 e. The maximum Gasteiger partial charge on any atom is 0.416 e. The first-order valence-electron chi connectivity index (χ1n) is 10.7. The lowest BCUT2D eigenvalue weighted by Gasteiger charge is -2.36. The van der Waals surface area contributed by atoms with Crippen LogP contribution in [0.5, 0.6) is 0 Å². The molecule has 1 aromatic heterocycles. The summed E-state index contributed by atoms with van der Waals surface area (Å²) in [5, 5.41) is 2.86. The molecule has 0 N–H and O–H groups in total. The lowest BCUT2D eigenvalue weighted by Crippen LogP contribution is -2.46. The topological polar surface area (TPSA) is 26.8 Å². The number of halogens is 3. The summed E-state index contributed by atoms with van der Waals surface area (Å²) in [7, 11) is 0. The number of anilines is 1. The molecule has 0 radical (unpaired) electrons. The highest BCUT2D eigenvalue weighted by Gasteiger charge is 2.31. The Balaban J connectivity index is 1.28. The van der Waals surface area contributed by atoms with Crippen molar-refractivity contribution in [3.05, 3.63) is 29.1 Å². The zero-order valence-corrected chi connectivity index (χ0v) is 18.1. The third-order valence-electron chi connectivity index (χ3n) is 6.33. The van der Waals surface area contributed by atoms with Crippen LogP contribution >= 0.6 is 11.3 Å². The van der Waals surface area contributed by atoms with E-state index in [1.54, 1.807) is 6.07 Å². The van der Waals surface area contributed by atoms with Gasteiger partial charge in [-0.05, 0) is 44.9 Å². The van der Waals surface area contributed by atoms with Gasteiger partial charge >= 0.3 is 6.18 Å². The number of amides is 1. The minimum atomic E-state index is -4.31. The molecule has 2 aliphatic heterocycles. The molecule has 4 rings (SSSR count). The van der Waals surface area contributed by atoms with Crippen molar-refractivity contribution < 1.29 is 18.0 Å². The Hall–Kier alpha value is -1.80. The summed E-state index contributed by atoms with van der Waals surface area (Å²) >= 11 is 1.37. The minimum Gasteiger partial charge on any atom is -0.368 e. The molecule has 1 amide bonds. The molecular formula is C22H28F3N3OS. The average Bonchev–Trinajstić information content (AvgIpc) is 3.33. The molecule has 2 fully saturated rings. The Morgan fingerprint density at radius 3 is 2.60 bits per heavy atom. The molecule has 164 valence electrons. The maximum atomic E-state index is 12.9. The first-order chi connectivity index (χ1) is 14.3. The van der Waals surface area contributed by atoms with Crippen LogP contribution in [-0.2, 0) is 11.0 Å². The summed E-state index contributed by atoms with van der Waals surface area (Å²) in [6, 6.07) is 4.40. The van der Waals surface area contributed by atoms with E-state index in [0.717, 1.165) is 69.6 Å². The Morgan fingerprint density at radius 1 is 1.17 bits per heavy atom.